The minimum atomic E-state index is -0.547. The van der Waals surface area contributed by atoms with E-state index in [2.05, 4.69) is 15.4 Å². The number of nitrogens with two attached hydrogens (primary N) is 2. The molecule has 0 aliphatic carbocycles. The third-order valence-electron chi connectivity index (χ3n) is 1.67. The summed E-state index contributed by atoms with van der Waals surface area (Å²) in [7, 11) is 0. The monoisotopic (exact) mass is 242 g/mol. The maximum Gasteiger partial charge on any atom is 0.243 e. The Balaban J connectivity index is 2.11. The Hall–Kier alpha value is -2.16. The van der Waals surface area contributed by atoms with Gasteiger partial charge in [-0.2, -0.15) is 0 Å². The number of ether oxygens (including phenoxy) is 1. The fraction of sp³-hybridized carbons (Fsp3) is 0.500. The quantitative estimate of drug-likeness (QED) is 0.451. The molecule has 2 amide bonds. The van der Waals surface area contributed by atoms with Crippen LogP contribution < -0.4 is 16.8 Å². The second-order valence-corrected chi connectivity index (χ2v) is 3.17. The second kappa shape index (κ2) is 6.43. The highest BCUT2D eigenvalue weighted by molar-refractivity contribution is 5.75. The Bertz CT molecular complexity index is 390. The largest absolute Gasteiger partial charge is 0.370 e. The van der Waals surface area contributed by atoms with Crippen molar-refractivity contribution in [3.8, 4) is 0 Å². The molecule has 94 valence electrons. The maximum atomic E-state index is 11.3. The van der Waals surface area contributed by atoms with Gasteiger partial charge in [-0.05, 0) is 0 Å². The lowest BCUT2D eigenvalue weighted by molar-refractivity contribution is -0.122. The summed E-state index contributed by atoms with van der Waals surface area (Å²) in [5.74, 6) is -0.686. The van der Waals surface area contributed by atoms with Crippen molar-refractivity contribution < 1.29 is 14.3 Å². The number of hydrogen-bond acceptors (Lipinski definition) is 6. The molecule has 0 atom stereocenters. The highest BCUT2D eigenvalue weighted by Crippen LogP contribution is 1.88. The summed E-state index contributed by atoms with van der Waals surface area (Å²) < 4.78 is 6.17. The van der Waals surface area contributed by atoms with E-state index in [1.165, 1.54) is 11.0 Å². The summed E-state index contributed by atoms with van der Waals surface area (Å²) in [5, 5.41) is 6.32. The Labute approximate surface area is 97.1 Å². The number of nitrogens with one attached hydrogen (secondary N) is 1. The van der Waals surface area contributed by atoms with Crippen LogP contribution in [0.3, 0.4) is 0 Å². The minimum Gasteiger partial charge on any atom is -0.370 e. The first-order valence-corrected chi connectivity index (χ1v) is 4.85. The molecule has 9 heteroatoms. The first kappa shape index (κ1) is 12.9. The van der Waals surface area contributed by atoms with E-state index < -0.39 is 5.91 Å². The molecule has 1 aromatic rings. The van der Waals surface area contributed by atoms with Crippen LogP contribution in [0.2, 0.25) is 0 Å². The van der Waals surface area contributed by atoms with Gasteiger partial charge in [-0.3, -0.25) is 9.59 Å². The molecule has 5 N–H and O–H groups in total. The summed E-state index contributed by atoms with van der Waals surface area (Å²) in [6, 6.07) is 0. The van der Waals surface area contributed by atoms with Gasteiger partial charge in [-0.1, -0.05) is 0 Å². The molecule has 1 rings (SSSR count). The number of rotatable bonds is 7. The van der Waals surface area contributed by atoms with Crippen molar-refractivity contribution in [1.82, 2.24) is 20.1 Å². The SMILES string of the molecule is NC(=O)COCCNC(=O)Cn1cnc(N)n1. The molecule has 17 heavy (non-hydrogen) atoms. The van der Waals surface area contributed by atoms with E-state index in [0.29, 0.717) is 0 Å². The van der Waals surface area contributed by atoms with Crippen LogP contribution in [0.1, 0.15) is 0 Å². The van der Waals surface area contributed by atoms with E-state index >= 15 is 0 Å². The average Bonchev–Trinajstić information content (AvgIpc) is 2.63. The van der Waals surface area contributed by atoms with Crippen LogP contribution >= 0.6 is 0 Å². The summed E-state index contributed by atoms with van der Waals surface area (Å²) >= 11 is 0. The van der Waals surface area contributed by atoms with Gasteiger partial charge in [0.25, 0.3) is 0 Å². The van der Waals surface area contributed by atoms with Crippen LogP contribution in [0, 0.1) is 0 Å². The number of anilines is 1. The molecule has 0 radical (unpaired) electrons. The standard InChI is InChI=1S/C8H14N6O3/c9-6(15)4-17-2-1-11-7(16)3-14-5-12-8(10)13-14/h5H,1-4H2,(H2,9,15)(H2,10,13)(H,11,16). The number of carbonyl (C=O) groups is 2. The summed E-state index contributed by atoms with van der Waals surface area (Å²) in [6.45, 7) is 0.375. The Morgan fingerprint density at radius 3 is 2.88 bits per heavy atom. The Morgan fingerprint density at radius 1 is 1.53 bits per heavy atom. The molecule has 0 bridgehead atoms. The molecule has 1 aromatic heterocycles. The molecular formula is C8H14N6O3. The fourth-order valence-electron chi connectivity index (χ4n) is 1.02. The second-order valence-electron chi connectivity index (χ2n) is 3.17. The van der Waals surface area contributed by atoms with Crippen molar-refractivity contribution in [3.63, 3.8) is 0 Å². The lowest BCUT2D eigenvalue weighted by Gasteiger charge is -2.04. The zero-order valence-corrected chi connectivity index (χ0v) is 9.13. The van der Waals surface area contributed by atoms with Gasteiger partial charge in [0, 0.05) is 6.54 Å². The zero-order valence-electron chi connectivity index (χ0n) is 9.13. The van der Waals surface area contributed by atoms with Crippen molar-refractivity contribution in [2.45, 2.75) is 6.54 Å². The molecule has 9 nitrogen and oxygen atoms in total. The normalized spacial score (nSPS) is 10.1. The van der Waals surface area contributed by atoms with Gasteiger partial charge in [0.1, 0.15) is 19.5 Å². The summed E-state index contributed by atoms with van der Waals surface area (Å²) in [5.41, 5.74) is 10.1. The summed E-state index contributed by atoms with van der Waals surface area (Å²) in [6.07, 6.45) is 1.36. The van der Waals surface area contributed by atoms with Crippen LogP contribution in [0.4, 0.5) is 5.95 Å². The number of nitrogen functional groups attached to an aromatic ring is 1. The van der Waals surface area contributed by atoms with Gasteiger partial charge in [-0.25, -0.2) is 9.67 Å². The number of carbonyl (C=O) groups excluding carboxylic acids is 2. The van der Waals surface area contributed by atoms with E-state index in [1.807, 2.05) is 0 Å². The molecule has 0 unspecified atom stereocenters. The molecule has 0 aliphatic heterocycles. The highest BCUT2D eigenvalue weighted by atomic mass is 16.5. The number of amides is 2. The average molecular weight is 242 g/mol. The summed E-state index contributed by atoms with van der Waals surface area (Å²) in [4.78, 5) is 25.3. The third-order valence-corrected chi connectivity index (χ3v) is 1.67. The molecular weight excluding hydrogens is 228 g/mol. The van der Waals surface area contributed by atoms with Gasteiger partial charge >= 0.3 is 0 Å². The van der Waals surface area contributed by atoms with E-state index in [1.54, 1.807) is 0 Å². The topological polar surface area (TPSA) is 138 Å². The van der Waals surface area contributed by atoms with E-state index in [0.717, 1.165) is 0 Å². The molecule has 0 aromatic carbocycles. The molecule has 0 saturated carbocycles. The first-order valence-electron chi connectivity index (χ1n) is 4.85. The van der Waals surface area contributed by atoms with E-state index in [9.17, 15) is 9.59 Å². The smallest absolute Gasteiger partial charge is 0.243 e. The molecule has 0 aliphatic rings. The van der Waals surface area contributed by atoms with Crippen LogP contribution in [0.5, 0.6) is 0 Å². The van der Waals surface area contributed by atoms with Crippen LogP contribution in [0.15, 0.2) is 6.33 Å². The Kier molecular flexibility index (Phi) is 4.88. The number of hydrogen-bond donors (Lipinski definition) is 3. The molecule has 1 heterocycles. The lowest BCUT2D eigenvalue weighted by atomic mass is 10.5. The van der Waals surface area contributed by atoms with Gasteiger partial charge < -0.3 is 21.5 Å². The number of primary amides is 1. The van der Waals surface area contributed by atoms with Crippen LogP contribution in [0.25, 0.3) is 0 Å². The molecule has 0 fully saturated rings. The zero-order chi connectivity index (χ0) is 12.7. The molecule has 0 spiro atoms. The number of nitrogens with zero attached hydrogens (tertiary/aromatic N) is 3. The fourth-order valence-corrected chi connectivity index (χ4v) is 1.02. The minimum absolute atomic E-state index is 0.0278. The third kappa shape index (κ3) is 5.47. The van der Waals surface area contributed by atoms with Crippen molar-refractivity contribution in [2.24, 2.45) is 5.73 Å². The highest BCUT2D eigenvalue weighted by Gasteiger charge is 2.03. The van der Waals surface area contributed by atoms with E-state index in [4.69, 9.17) is 16.2 Å². The Morgan fingerprint density at radius 2 is 2.29 bits per heavy atom. The van der Waals surface area contributed by atoms with E-state index in [-0.39, 0.29) is 38.2 Å². The first-order chi connectivity index (χ1) is 8.08. The predicted octanol–water partition coefficient (Wildman–Crippen LogP) is -2.52. The van der Waals surface area contributed by atoms with Crippen molar-refractivity contribution in [1.29, 1.82) is 0 Å². The van der Waals surface area contributed by atoms with Crippen molar-refractivity contribution >= 4 is 17.8 Å². The predicted molar refractivity (Wildman–Crippen MR) is 57.5 cm³/mol. The van der Waals surface area contributed by atoms with Gasteiger partial charge in [0.2, 0.25) is 17.8 Å². The maximum absolute atomic E-state index is 11.3. The van der Waals surface area contributed by atoms with Crippen molar-refractivity contribution in [2.75, 3.05) is 25.5 Å². The molecule has 0 saturated heterocycles. The van der Waals surface area contributed by atoms with Gasteiger partial charge in [-0.15, -0.1) is 5.10 Å². The van der Waals surface area contributed by atoms with Crippen LogP contribution in [-0.4, -0.2) is 46.3 Å². The van der Waals surface area contributed by atoms with Gasteiger partial charge in [0.15, 0.2) is 0 Å². The lowest BCUT2D eigenvalue weighted by Crippen LogP contribution is -2.31. The van der Waals surface area contributed by atoms with Crippen molar-refractivity contribution in [3.05, 3.63) is 6.33 Å². The van der Waals surface area contributed by atoms with Crippen LogP contribution in [-0.2, 0) is 20.9 Å². The number of aromatic nitrogens is 3. The van der Waals surface area contributed by atoms with Gasteiger partial charge in [0.05, 0.1) is 6.61 Å².